The van der Waals surface area contributed by atoms with Gasteiger partial charge in [-0.2, -0.15) is 0 Å². The van der Waals surface area contributed by atoms with Gasteiger partial charge in [0.05, 0.1) is 0 Å². The second-order valence-corrected chi connectivity index (χ2v) is 2.16. The molecule has 3 N–H and O–H groups in total. The van der Waals surface area contributed by atoms with Crippen LogP contribution in [0.2, 0.25) is 0 Å². The van der Waals surface area contributed by atoms with Crippen LogP contribution in [0.3, 0.4) is 0 Å². The minimum absolute atomic E-state index is 0.335. The summed E-state index contributed by atoms with van der Waals surface area (Å²) in [6, 6.07) is 0. The lowest BCUT2D eigenvalue weighted by molar-refractivity contribution is 0.742. The molecule has 7 nitrogen and oxygen atoms in total. The summed E-state index contributed by atoms with van der Waals surface area (Å²) in [6.07, 6.45) is 1.37. The molecular formula is C5H7N7. The molecule has 0 aliphatic heterocycles. The Kier molecular flexibility index (Phi) is 1.29. The summed E-state index contributed by atoms with van der Waals surface area (Å²) in [5.74, 6) is 0.335. The molecule has 2 heterocycles. The van der Waals surface area contributed by atoms with Gasteiger partial charge in [0.1, 0.15) is 6.33 Å². The minimum atomic E-state index is 0.335. The number of anilines is 1. The van der Waals surface area contributed by atoms with Gasteiger partial charge in [0.25, 0.3) is 0 Å². The van der Waals surface area contributed by atoms with Crippen LogP contribution in [0.5, 0.6) is 0 Å². The highest BCUT2D eigenvalue weighted by molar-refractivity contribution is 5.80. The summed E-state index contributed by atoms with van der Waals surface area (Å²) >= 11 is 0. The predicted molar refractivity (Wildman–Crippen MR) is 42.8 cm³/mol. The zero-order chi connectivity index (χ0) is 8.55. The molecule has 0 radical (unpaired) electrons. The third-order valence-corrected chi connectivity index (χ3v) is 1.48. The van der Waals surface area contributed by atoms with Crippen LogP contribution in [0, 0.1) is 0 Å². The highest BCUT2D eigenvalue weighted by atomic mass is 15.6. The smallest absolute Gasteiger partial charge is 0.206 e. The topological polar surface area (TPSA) is 94.5 Å². The van der Waals surface area contributed by atoms with Gasteiger partial charge in [-0.05, 0) is 5.21 Å². The van der Waals surface area contributed by atoms with Gasteiger partial charge >= 0.3 is 0 Å². The first-order valence-corrected chi connectivity index (χ1v) is 3.32. The molecule has 12 heavy (non-hydrogen) atoms. The van der Waals surface area contributed by atoms with Crippen molar-refractivity contribution in [3.05, 3.63) is 6.33 Å². The standard InChI is InChI=1S/C5H7N7/c1-7-12-5-3(10-11-12)4(6)8-2-9-5/h2,7H,1H3,(H2,6,8,9). The van der Waals surface area contributed by atoms with Crippen LogP contribution in [-0.4, -0.2) is 32.1 Å². The normalized spacial score (nSPS) is 10.4. The maximum Gasteiger partial charge on any atom is 0.206 e. The van der Waals surface area contributed by atoms with E-state index in [1.165, 1.54) is 11.1 Å². The number of nitrogens with two attached hydrogens (primary N) is 1. The highest BCUT2D eigenvalue weighted by Gasteiger charge is 2.07. The molecule has 2 rings (SSSR count). The van der Waals surface area contributed by atoms with Gasteiger partial charge in [-0.3, -0.25) is 0 Å². The lowest BCUT2D eigenvalue weighted by atomic mass is 10.5. The largest absolute Gasteiger partial charge is 0.382 e. The van der Waals surface area contributed by atoms with Crippen LogP contribution in [0.1, 0.15) is 0 Å². The summed E-state index contributed by atoms with van der Waals surface area (Å²) in [5.41, 5.74) is 9.38. The Morgan fingerprint density at radius 1 is 1.50 bits per heavy atom. The molecule has 0 bridgehead atoms. The van der Waals surface area contributed by atoms with Crippen LogP contribution in [-0.2, 0) is 0 Å². The number of fused-ring (bicyclic) bond motifs is 1. The summed E-state index contributed by atoms with van der Waals surface area (Å²) < 4.78 is 0. The molecule has 0 aromatic carbocycles. The third kappa shape index (κ3) is 0.760. The maximum atomic E-state index is 5.53. The van der Waals surface area contributed by atoms with Gasteiger partial charge in [-0.25, -0.2) is 9.97 Å². The number of aromatic nitrogens is 5. The monoisotopic (exact) mass is 165 g/mol. The zero-order valence-electron chi connectivity index (χ0n) is 6.39. The highest BCUT2D eigenvalue weighted by Crippen LogP contribution is 2.10. The second kappa shape index (κ2) is 2.29. The van der Waals surface area contributed by atoms with Crippen molar-refractivity contribution in [2.45, 2.75) is 0 Å². The number of hydrogen-bond donors (Lipinski definition) is 2. The molecule has 0 aliphatic rings. The lowest BCUT2D eigenvalue weighted by Crippen LogP contribution is -2.11. The van der Waals surface area contributed by atoms with Crippen molar-refractivity contribution < 1.29 is 0 Å². The number of rotatable bonds is 1. The van der Waals surface area contributed by atoms with E-state index in [0.29, 0.717) is 17.0 Å². The Balaban J connectivity index is 2.80. The van der Waals surface area contributed by atoms with Crippen LogP contribution in [0.15, 0.2) is 6.33 Å². The molecule has 0 saturated carbocycles. The predicted octanol–water partition coefficient (Wildman–Crippen LogP) is -1.02. The fraction of sp³-hybridized carbons (Fsp3) is 0.200. The SMILES string of the molecule is CNn1nnc2c(N)ncnc21. The van der Waals surface area contributed by atoms with Crippen molar-refractivity contribution in [1.29, 1.82) is 0 Å². The fourth-order valence-electron chi connectivity index (χ4n) is 0.916. The van der Waals surface area contributed by atoms with Gasteiger partial charge in [-0.1, -0.05) is 0 Å². The molecule has 2 aromatic heterocycles. The number of nitrogen functional groups attached to an aromatic ring is 1. The van der Waals surface area contributed by atoms with E-state index in [1.54, 1.807) is 7.05 Å². The first-order chi connectivity index (χ1) is 5.83. The van der Waals surface area contributed by atoms with Crippen molar-refractivity contribution in [2.75, 3.05) is 18.2 Å². The lowest BCUT2D eigenvalue weighted by Gasteiger charge is -1.96. The Hall–Kier alpha value is -1.92. The van der Waals surface area contributed by atoms with Gasteiger partial charge in [-0.15, -0.1) is 9.89 Å². The van der Waals surface area contributed by atoms with E-state index in [4.69, 9.17) is 5.73 Å². The Morgan fingerprint density at radius 3 is 3.08 bits per heavy atom. The molecule has 62 valence electrons. The average Bonchev–Trinajstić information content (AvgIpc) is 2.49. The number of hydrogen-bond acceptors (Lipinski definition) is 6. The number of nitrogens with one attached hydrogen (secondary N) is 1. The van der Waals surface area contributed by atoms with Gasteiger partial charge in [0.15, 0.2) is 11.3 Å². The summed E-state index contributed by atoms with van der Waals surface area (Å²) in [6.45, 7) is 0. The van der Waals surface area contributed by atoms with E-state index in [1.807, 2.05) is 0 Å². The van der Waals surface area contributed by atoms with Gasteiger partial charge < -0.3 is 11.2 Å². The molecule has 2 aromatic rings. The molecule has 0 saturated heterocycles. The van der Waals surface area contributed by atoms with Crippen LogP contribution < -0.4 is 11.2 Å². The fourth-order valence-corrected chi connectivity index (χ4v) is 0.916. The van der Waals surface area contributed by atoms with Crippen LogP contribution in [0.4, 0.5) is 5.82 Å². The Bertz CT molecular complexity index is 405. The van der Waals surface area contributed by atoms with E-state index < -0.39 is 0 Å². The van der Waals surface area contributed by atoms with Crippen molar-refractivity contribution >= 4 is 17.0 Å². The zero-order valence-corrected chi connectivity index (χ0v) is 6.39. The maximum absolute atomic E-state index is 5.53. The molecule has 0 amide bonds. The van der Waals surface area contributed by atoms with E-state index >= 15 is 0 Å². The molecule has 0 spiro atoms. The molecule has 0 unspecified atom stereocenters. The van der Waals surface area contributed by atoms with Crippen LogP contribution >= 0.6 is 0 Å². The summed E-state index contributed by atoms with van der Waals surface area (Å²) in [4.78, 5) is 9.16. The molecular weight excluding hydrogens is 158 g/mol. The van der Waals surface area contributed by atoms with E-state index in [2.05, 4.69) is 25.7 Å². The van der Waals surface area contributed by atoms with Gasteiger partial charge in [0.2, 0.25) is 5.65 Å². The van der Waals surface area contributed by atoms with Crippen molar-refractivity contribution in [3.8, 4) is 0 Å². The quantitative estimate of drug-likeness (QED) is 0.561. The van der Waals surface area contributed by atoms with Crippen molar-refractivity contribution in [3.63, 3.8) is 0 Å². The first-order valence-electron chi connectivity index (χ1n) is 3.32. The van der Waals surface area contributed by atoms with Crippen molar-refractivity contribution in [2.24, 2.45) is 0 Å². The molecule has 7 heteroatoms. The van der Waals surface area contributed by atoms with Gasteiger partial charge in [0, 0.05) is 7.05 Å². The van der Waals surface area contributed by atoms with Crippen molar-refractivity contribution in [1.82, 2.24) is 25.1 Å². The number of nitrogens with zero attached hydrogens (tertiary/aromatic N) is 5. The van der Waals surface area contributed by atoms with E-state index in [-0.39, 0.29) is 0 Å². The minimum Gasteiger partial charge on any atom is -0.382 e. The van der Waals surface area contributed by atoms with Crippen LogP contribution in [0.25, 0.3) is 11.2 Å². The van der Waals surface area contributed by atoms with E-state index in [9.17, 15) is 0 Å². The molecule has 0 aliphatic carbocycles. The second-order valence-electron chi connectivity index (χ2n) is 2.16. The Morgan fingerprint density at radius 2 is 2.33 bits per heavy atom. The molecule has 0 fully saturated rings. The van der Waals surface area contributed by atoms with E-state index in [0.717, 1.165) is 0 Å². The average molecular weight is 165 g/mol. The summed E-state index contributed by atoms with van der Waals surface area (Å²) in [7, 11) is 1.71. The first kappa shape index (κ1) is 6.77. The Labute approximate surface area is 67.6 Å². The third-order valence-electron chi connectivity index (χ3n) is 1.48. The molecule has 0 atom stereocenters. The summed E-state index contributed by atoms with van der Waals surface area (Å²) in [5, 5.41) is 7.54.